The molecule has 2 aromatic carbocycles. The molecule has 38 heavy (non-hydrogen) atoms. The fraction of sp³-hybridized carbons (Fsp3) is 0.357. The Labute approximate surface area is 218 Å². The first-order chi connectivity index (χ1) is 18.2. The van der Waals surface area contributed by atoms with Gasteiger partial charge in [-0.25, -0.2) is 13.8 Å². The highest BCUT2D eigenvalue weighted by Gasteiger charge is 2.28. The van der Waals surface area contributed by atoms with Crippen molar-refractivity contribution in [2.75, 3.05) is 23.3 Å². The summed E-state index contributed by atoms with van der Waals surface area (Å²) in [5.74, 6) is -0.827. The average molecular weight is 521 g/mol. The lowest BCUT2D eigenvalue weighted by Crippen LogP contribution is -2.27. The van der Waals surface area contributed by atoms with E-state index < -0.39 is 28.8 Å². The van der Waals surface area contributed by atoms with E-state index in [0.29, 0.717) is 16.3 Å². The van der Waals surface area contributed by atoms with E-state index in [1.54, 1.807) is 0 Å². The lowest BCUT2D eigenvalue weighted by Gasteiger charge is -2.23. The number of carbonyl (C=O) groups is 1. The first kappa shape index (κ1) is 25.6. The van der Waals surface area contributed by atoms with Crippen molar-refractivity contribution in [2.45, 2.75) is 39.5 Å². The Balaban J connectivity index is 1.57. The van der Waals surface area contributed by atoms with Crippen molar-refractivity contribution in [3.05, 3.63) is 76.0 Å². The minimum absolute atomic E-state index is 0.157. The molecule has 2 aromatic heterocycles. The van der Waals surface area contributed by atoms with Crippen molar-refractivity contribution in [3.63, 3.8) is 0 Å². The fourth-order valence-corrected chi connectivity index (χ4v) is 5.14. The van der Waals surface area contributed by atoms with Gasteiger partial charge >= 0.3 is 0 Å². The van der Waals surface area contributed by atoms with Crippen molar-refractivity contribution >= 4 is 28.3 Å². The van der Waals surface area contributed by atoms with Gasteiger partial charge in [-0.05, 0) is 42.7 Å². The molecule has 3 heterocycles. The number of carbonyl (C=O) groups excluding carboxylic acids is 1. The highest BCUT2D eigenvalue weighted by Crippen LogP contribution is 2.39. The first-order valence-corrected chi connectivity index (χ1v) is 12.8. The smallest absolute Gasteiger partial charge is 0.276 e. The third-order valence-corrected chi connectivity index (χ3v) is 7.19. The monoisotopic (exact) mass is 520 g/mol. The average Bonchev–Trinajstić information content (AvgIpc) is 3.49. The number of aryl methyl sites for hydroxylation is 1. The van der Waals surface area contributed by atoms with E-state index >= 15 is 0 Å². The minimum atomic E-state index is -0.958. The molecule has 1 amide bonds. The Kier molecular flexibility index (Phi) is 6.73. The summed E-state index contributed by atoms with van der Waals surface area (Å²) in [6.07, 6.45) is 2.11. The van der Waals surface area contributed by atoms with Gasteiger partial charge in [0.25, 0.3) is 11.5 Å². The topological polar surface area (TPSA) is 85.1 Å². The summed E-state index contributed by atoms with van der Waals surface area (Å²) >= 11 is 0. The number of nitrogens with zero attached hydrogens (tertiary/aromatic N) is 5. The quantitative estimate of drug-likeness (QED) is 0.386. The van der Waals surface area contributed by atoms with Crippen LogP contribution in [0.25, 0.3) is 16.7 Å². The zero-order valence-electron chi connectivity index (χ0n) is 21.8. The molecule has 1 unspecified atom stereocenters. The fourth-order valence-electron chi connectivity index (χ4n) is 5.14. The van der Waals surface area contributed by atoms with Crippen LogP contribution in [0.1, 0.15) is 55.8 Å². The minimum Gasteiger partial charge on any atom is -0.368 e. The number of fused-ring (bicyclic) bond motifs is 1. The molecule has 0 radical (unpaired) electrons. The number of nitrogens with one attached hydrogen (secondary N) is 1. The zero-order valence-corrected chi connectivity index (χ0v) is 21.8. The van der Waals surface area contributed by atoms with E-state index in [9.17, 15) is 18.4 Å². The SMILES string of the molecule is CCC1CCN(c2c(NC(=O)c3ccc(=O)n(-c4c(F)cccc4F)n3)ccc3c2nc(C(C)C)n3C)C1. The van der Waals surface area contributed by atoms with Gasteiger partial charge in [0, 0.05) is 32.1 Å². The summed E-state index contributed by atoms with van der Waals surface area (Å²) in [6.45, 7) is 8.04. The summed E-state index contributed by atoms with van der Waals surface area (Å²) in [5, 5.41) is 6.91. The normalized spacial score (nSPS) is 15.6. The van der Waals surface area contributed by atoms with Gasteiger partial charge < -0.3 is 14.8 Å². The van der Waals surface area contributed by atoms with Gasteiger partial charge in [0.05, 0.1) is 16.9 Å². The maximum absolute atomic E-state index is 14.4. The number of aromatic nitrogens is 4. The zero-order chi connectivity index (χ0) is 27.1. The van der Waals surface area contributed by atoms with Gasteiger partial charge in [-0.3, -0.25) is 9.59 Å². The molecule has 0 spiro atoms. The van der Waals surface area contributed by atoms with E-state index in [4.69, 9.17) is 4.98 Å². The van der Waals surface area contributed by atoms with Gasteiger partial charge in [0.15, 0.2) is 11.6 Å². The van der Waals surface area contributed by atoms with Gasteiger partial charge in [0.2, 0.25) is 0 Å². The van der Waals surface area contributed by atoms with Gasteiger partial charge in [-0.2, -0.15) is 9.78 Å². The molecular weight excluding hydrogens is 490 g/mol. The van der Waals surface area contributed by atoms with Crippen molar-refractivity contribution in [3.8, 4) is 5.69 Å². The van der Waals surface area contributed by atoms with Crippen LogP contribution in [0.2, 0.25) is 0 Å². The van der Waals surface area contributed by atoms with Crippen LogP contribution in [0.5, 0.6) is 0 Å². The number of amides is 1. The van der Waals surface area contributed by atoms with E-state index in [-0.39, 0.29) is 11.6 Å². The Hall–Kier alpha value is -4.08. The van der Waals surface area contributed by atoms with Crippen LogP contribution >= 0.6 is 0 Å². The molecule has 4 aromatic rings. The second-order valence-corrected chi connectivity index (χ2v) is 10.0. The summed E-state index contributed by atoms with van der Waals surface area (Å²) in [4.78, 5) is 33.0. The predicted octanol–water partition coefficient (Wildman–Crippen LogP) is 5.01. The largest absolute Gasteiger partial charge is 0.368 e. The highest BCUT2D eigenvalue weighted by atomic mass is 19.1. The molecule has 0 bridgehead atoms. The van der Waals surface area contributed by atoms with E-state index in [2.05, 4.69) is 40.7 Å². The molecule has 0 aliphatic carbocycles. The summed E-state index contributed by atoms with van der Waals surface area (Å²) < 4.78 is 31.4. The van der Waals surface area contributed by atoms with Crippen LogP contribution in [0.4, 0.5) is 20.2 Å². The Morgan fingerprint density at radius 2 is 1.84 bits per heavy atom. The number of hydrogen-bond acceptors (Lipinski definition) is 5. The van der Waals surface area contributed by atoms with Crippen molar-refractivity contribution < 1.29 is 13.6 Å². The van der Waals surface area contributed by atoms with Crippen LogP contribution in [-0.4, -0.2) is 38.3 Å². The number of imidazole rings is 1. The van der Waals surface area contributed by atoms with Crippen molar-refractivity contribution in [1.82, 2.24) is 19.3 Å². The third kappa shape index (κ3) is 4.44. The third-order valence-electron chi connectivity index (χ3n) is 7.19. The van der Waals surface area contributed by atoms with Crippen LogP contribution in [0.15, 0.2) is 47.3 Å². The lowest BCUT2D eigenvalue weighted by atomic mass is 10.1. The summed E-state index contributed by atoms with van der Waals surface area (Å²) in [5.41, 5.74) is 1.61. The molecular formula is C28H30F2N6O2. The van der Waals surface area contributed by atoms with Crippen LogP contribution in [0, 0.1) is 17.6 Å². The molecule has 1 aliphatic heterocycles. The van der Waals surface area contributed by atoms with Gasteiger partial charge in [-0.1, -0.05) is 33.3 Å². The maximum Gasteiger partial charge on any atom is 0.276 e. The Morgan fingerprint density at radius 1 is 1.11 bits per heavy atom. The molecule has 198 valence electrons. The van der Waals surface area contributed by atoms with Crippen LogP contribution < -0.4 is 15.8 Å². The number of benzene rings is 2. The molecule has 1 atom stereocenters. The highest BCUT2D eigenvalue weighted by molar-refractivity contribution is 6.08. The summed E-state index contributed by atoms with van der Waals surface area (Å²) in [6, 6.07) is 9.31. The number of rotatable bonds is 6. The van der Waals surface area contributed by atoms with Gasteiger partial charge in [0.1, 0.15) is 22.7 Å². The molecule has 1 aliphatic rings. The molecule has 0 saturated carbocycles. The molecule has 1 N–H and O–H groups in total. The number of halogens is 2. The Bertz CT molecular complexity index is 1570. The summed E-state index contributed by atoms with van der Waals surface area (Å²) in [7, 11) is 1.99. The van der Waals surface area contributed by atoms with Crippen LogP contribution in [0.3, 0.4) is 0 Å². The predicted molar refractivity (Wildman–Crippen MR) is 143 cm³/mol. The lowest BCUT2D eigenvalue weighted by molar-refractivity contribution is 0.102. The first-order valence-electron chi connectivity index (χ1n) is 12.8. The van der Waals surface area contributed by atoms with E-state index in [1.807, 2.05) is 19.2 Å². The molecule has 1 fully saturated rings. The van der Waals surface area contributed by atoms with Crippen molar-refractivity contribution in [2.24, 2.45) is 13.0 Å². The van der Waals surface area contributed by atoms with E-state index in [0.717, 1.165) is 66.7 Å². The number of hydrogen-bond donors (Lipinski definition) is 1. The second kappa shape index (κ2) is 10.00. The van der Waals surface area contributed by atoms with E-state index in [1.165, 1.54) is 12.1 Å². The maximum atomic E-state index is 14.4. The molecule has 1 saturated heterocycles. The molecule has 5 rings (SSSR count). The number of para-hydroxylation sites is 1. The molecule has 8 nitrogen and oxygen atoms in total. The Morgan fingerprint density at radius 3 is 2.50 bits per heavy atom. The number of anilines is 2. The second-order valence-electron chi connectivity index (χ2n) is 10.0. The standard InChI is InChI=1S/C28H30F2N6O2/c1-5-17-13-14-35(15-17)26-20(9-11-22-24(26)32-27(16(2)3)34(22)4)31-28(38)21-10-12-23(37)36(33-21)25-18(29)7-6-8-19(25)30/h6-12,16-17H,5,13-15H2,1-4H3,(H,31,38). The van der Waals surface area contributed by atoms with Crippen LogP contribution in [-0.2, 0) is 7.05 Å². The van der Waals surface area contributed by atoms with Crippen molar-refractivity contribution in [1.29, 1.82) is 0 Å². The van der Waals surface area contributed by atoms with Gasteiger partial charge in [-0.15, -0.1) is 0 Å². The molecule has 10 heteroatoms.